The average Bonchev–Trinajstić information content (AvgIpc) is 3.00. The van der Waals surface area contributed by atoms with Crippen LogP contribution in [0.25, 0.3) is 11.0 Å². The van der Waals surface area contributed by atoms with Crippen molar-refractivity contribution in [1.29, 1.82) is 5.41 Å². The van der Waals surface area contributed by atoms with Crippen molar-refractivity contribution in [2.75, 3.05) is 6.61 Å². The van der Waals surface area contributed by atoms with E-state index in [-0.39, 0.29) is 25.6 Å². The number of hydrogen-bond acceptors (Lipinski definition) is 3. The molecule has 0 amide bonds. The van der Waals surface area contributed by atoms with E-state index in [0.29, 0.717) is 22.9 Å². The number of rotatable bonds is 7. The zero-order valence-corrected chi connectivity index (χ0v) is 17.8. The summed E-state index contributed by atoms with van der Waals surface area (Å²) in [4.78, 5) is 0. The summed E-state index contributed by atoms with van der Waals surface area (Å²) in [5.41, 5.74) is 3.35. The smallest absolute Gasteiger partial charge is 0.203 e. The largest absolute Gasteiger partial charge is 0.491 e. The van der Waals surface area contributed by atoms with Crippen molar-refractivity contribution in [1.82, 2.24) is 9.13 Å². The lowest BCUT2D eigenvalue weighted by Crippen LogP contribution is -2.31. The summed E-state index contributed by atoms with van der Waals surface area (Å²) < 4.78 is 9.44. The van der Waals surface area contributed by atoms with Gasteiger partial charge in [-0.25, -0.2) is 0 Å². The number of hydrogen-bond donors (Lipinski definition) is 2. The molecule has 0 aliphatic carbocycles. The Bertz CT molecular complexity index is 1150. The van der Waals surface area contributed by atoms with Crippen molar-refractivity contribution in [3.05, 3.63) is 95.1 Å². The van der Waals surface area contributed by atoms with E-state index in [1.165, 1.54) is 0 Å². The molecule has 1 atom stereocenters. The molecule has 7 heteroatoms. The highest BCUT2D eigenvalue weighted by Crippen LogP contribution is 2.17. The number of halogens is 2. The SMILES string of the molecule is Cl.N=c1n(Cc2ccccc2)c2ccccc2n1CC(O)COc1ccc(Cl)cc1. The van der Waals surface area contributed by atoms with E-state index < -0.39 is 6.10 Å². The molecule has 5 nitrogen and oxygen atoms in total. The average molecular weight is 444 g/mol. The molecule has 0 aliphatic heterocycles. The van der Waals surface area contributed by atoms with E-state index in [4.69, 9.17) is 21.7 Å². The molecule has 1 aromatic heterocycles. The maximum Gasteiger partial charge on any atom is 0.203 e. The molecule has 0 fully saturated rings. The normalized spacial score (nSPS) is 11.8. The molecule has 0 bridgehead atoms. The number of benzene rings is 3. The first-order valence-electron chi connectivity index (χ1n) is 9.45. The second kappa shape index (κ2) is 9.85. The fraction of sp³-hybridized carbons (Fsp3) is 0.174. The number of nitrogens with one attached hydrogen (secondary N) is 1. The van der Waals surface area contributed by atoms with E-state index in [1.54, 1.807) is 24.3 Å². The first-order valence-corrected chi connectivity index (χ1v) is 9.82. The first-order chi connectivity index (χ1) is 14.1. The second-order valence-electron chi connectivity index (χ2n) is 6.91. The van der Waals surface area contributed by atoms with Gasteiger partial charge in [-0.05, 0) is 42.0 Å². The molecule has 1 heterocycles. The Kier molecular flexibility index (Phi) is 7.21. The van der Waals surface area contributed by atoms with E-state index in [2.05, 4.69) is 0 Å². The number of aliphatic hydroxyl groups is 1. The molecule has 2 N–H and O–H groups in total. The Morgan fingerprint density at radius 3 is 2.13 bits per heavy atom. The Hall–Kier alpha value is -2.73. The van der Waals surface area contributed by atoms with Crippen LogP contribution >= 0.6 is 24.0 Å². The van der Waals surface area contributed by atoms with Gasteiger partial charge in [-0.2, -0.15) is 0 Å². The summed E-state index contributed by atoms with van der Waals surface area (Å²) in [5.74, 6) is 0.649. The molecule has 156 valence electrons. The van der Waals surface area contributed by atoms with Gasteiger partial charge in [0.25, 0.3) is 0 Å². The van der Waals surface area contributed by atoms with E-state index in [0.717, 1.165) is 16.6 Å². The number of para-hydroxylation sites is 2. The number of aliphatic hydroxyl groups excluding tert-OH is 1. The third kappa shape index (κ3) is 4.87. The Morgan fingerprint density at radius 1 is 0.867 bits per heavy atom. The summed E-state index contributed by atoms with van der Waals surface area (Å²) in [6.45, 7) is 1.01. The monoisotopic (exact) mass is 443 g/mol. The molecule has 4 aromatic rings. The maximum absolute atomic E-state index is 10.5. The lowest BCUT2D eigenvalue weighted by Gasteiger charge is -2.14. The first kappa shape index (κ1) is 22.0. The summed E-state index contributed by atoms with van der Waals surface area (Å²) >= 11 is 5.88. The zero-order valence-electron chi connectivity index (χ0n) is 16.2. The summed E-state index contributed by atoms with van der Waals surface area (Å²) in [7, 11) is 0. The summed E-state index contributed by atoms with van der Waals surface area (Å²) in [6, 6.07) is 25.0. The minimum Gasteiger partial charge on any atom is -0.491 e. The van der Waals surface area contributed by atoms with Gasteiger partial charge in [-0.15, -0.1) is 12.4 Å². The highest BCUT2D eigenvalue weighted by atomic mass is 35.5. The zero-order chi connectivity index (χ0) is 20.2. The van der Waals surface area contributed by atoms with Crippen LogP contribution in [0.4, 0.5) is 0 Å². The van der Waals surface area contributed by atoms with Gasteiger partial charge in [0.1, 0.15) is 18.5 Å². The number of ether oxygens (including phenoxy) is 1. The predicted octanol–water partition coefficient (Wildman–Crippen LogP) is 4.49. The number of nitrogens with zero attached hydrogens (tertiary/aromatic N) is 2. The predicted molar refractivity (Wildman–Crippen MR) is 122 cm³/mol. The van der Waals surface area contributed by atoms with Crippen molar-refractivity contribution in [2.24, 2.45) is 0 Å². The van der Waals surface area contributed by atoms with Crippen LogP contribution in [0.3, 0.4) is 0 Å². The minimum absolute atomic E-state index is 0. The number of aromatic nitrogens is 2. The van der Waals surface area contributed by atoms with Crippen LogP contribution < -0.4 is 10.4 Å². The second-order valence-corrected chi connectivity index (χ2v) is 7.35. The van der Waals surface area contributed by atoms with Crippen molar-refractivity contribution >= 4 is 35.0 Å². The van der Waals surface area contributed by atoms with Gasteiger partial charge in [0.05, 0.1) is 24.1 Å². The topological polar surface area (TPSA) is 63.2 Å². The van der Waals surface area contributed by atoms with Crippen molar-refractivity contribution in [2.45, 2.75) is 19.2 Å². The van der Waals surface area contributed by atoms with Crippen molar-refractivity contribution in [3.8, 4) is 5.75 Å². The van der Waals surface area contributed by atoms with E-state index >= 15 is 0 Å². The summed E-state index contributed by atoms with van der Waals surface area (Å²) in [5, 5.41) is 19.9. The fourth-order valence-corrected chi connectivity index (χ4v) is 3.52. The number of imidazole rings is 1. The molecular formula is C23H23Cl2N3O2. The van der Waals surface area contributed by atoms with Gasteiger partial charge in [-0.1, -0.05) is 54.1 Å². The van der Waals surface area contributed by atoms with Crippen LogP contribution in [-0.2, 0) is 13.1 Å². The van der Waals surface area contributed by atoms with Crippen molar-refractivity contribution < 1.29 is 9.84 Å². The van der Waals surface area contributed by atoms with Gasteiger partial charge in [0.2, 0.25) is 5.62 Å². The molecule has 0 radical (unpaired) electrons. The summed E-state index contributed by atoms with van der Waals surface area (Å²) in [6.07, 6.45) is -0.754. The van der Waals surface area contributed by atoms with Gasteiger partial charge < -0.3 is 19.0 Å². The molecule has 3 aromatic carbocycles. The lowest BCUT2D eigenvalue weighted by atomic mass is 10.2. The fourth-order valence-electron chi connectivity index (χ4n) is 3.39. The number of fused-ring (bicyclic) bond motifs is 1. The highest BCUT2D eigenvalue weighted by Gasteiger charge is 2.14. The van der Waals surface area contributed by atoms with Crippen molar-refractivity contribution in [3.63, 3.8) is 0 Å². The van der Waals surface area contributed by atoms with Crippen LogP contribution in [0.5, 0.6) is 5.75 Å². The van der Waals surface area contributed by atoms with E-state index in [9.17, 15) is 5.11 Å². The van der Waals surface area contributed by atoms with Gasteiger partial charge >= 0.3 is 0 Å². The third-order valence-electron chi connectivity index (χ3n) is 4.81. The Labute approximate surface area is 186 Å². The molecule has 0 spiro atoms. The Balaban J connectivity index is 0.00000256. The van der Waals surface area contributed by atoms with Gasteiger partial charge in [0.15, 0.2) is 0 Å². The van der Waals surface area contributed by atoms with Crippen LogP contribution in [0, 0.1) is 5.41 Å². The molecular weight excluding hydrogens is 421 g/mol. The van der Waals surface area contributed by atoms with Crippen LogP contribution in [0.1, 0.15) is 5.56 Å². The van der Waals surface area contributed by atoms with E-state index in [1.807, 2.05) is 63.7 Å². The molecule has 4 rings (SSSR count). The molecule has 0 saturated carbocycles. The molecule has 30 heavy (non-hydrogen) atoms. The van der Waals surface area contributed by atoms with Crippen LogP contribution in [-0.4, -0.2) is 27.0 Å². The van der Waals surface area contributed by atoms with Crippen LogP contribution in [0.15, 0.2) is 78.9 Å². The quantitative estimate of drug-likeness (QED) is 0.442. The van der Waals surface area contributed by atoms with Gasteiger partial charge in [0, 0.05) is 5.02 Å². The molecule has 1 unspecified atom stereocenters. The lowest BCUT2D eigenvalue weighted by molar-refractivity contribution is 0.0921. The standard InChI is InChI=1S/C23H22ClN3O2.ClH/c24-18-10-12-20(13-11-18)29-16-19(28)15-27-22-9-5-4-8-21(22)26(23(27)25)14-17-6-2-1-3-7-17;/h1-13,19,25,28H,14-16H2;1H. The van der Waals surface area contributed by atoms with Gasteiger partial charge in [-0.3, -0.25) is 5.41 Å². The minimum atomic E-state index is -0.754. The maximum atomic E-state index is 10.5. The van der Waals surface area contributed by atoms with Crippen LogP contribution in [0.2, 0.25) is 5.02 Å². The molecule has 0 saturated heterocycles. The Morgan fingerprint density at radius 2 is 1.47 bits per heavy atom. The molecule has 0 aliphatic rings. The highest BCUT2D eigenvalue weighted by molar-refractivity contribution is 6.30. The third-order valence-corrected chi connectivity index (χ3v) is 5.06.